The lowest BCUT2D eigenvalue weighted by Crippen LogP contribution is -2.28. The van der Waals surface area contributed by atoms with Crippen molar-refractivity contribution in [2.75, 3.05) is 6.54 Å². The smallest absolute Gasteiger partial charge is 0.254 e. The second kappa shape index (κ2) is 7.30. The average Bonchev–Trinajstić information content (AvgIpc) is 2.81. The van der Waals surface area contributed by atoms with E-state index in [2.05, 4.69) is 30.0 Å². The van der Waals surface area contributed by atoms with Gasteiger partial charge in [-0.15, -0.1) is 10.2 Å². The van der Waals surface area contributed by atoms with E-state index in [-0.39, 0.29) is 5.91 Å². The first kappa shape index (κ1) is 15.6. The summed E-state index contributed by atoms with van der Waals surface area (Å²) >= 11 is 0. The molecule has 7 heteroatoms. The van der Waals surface area contributed by atoms with Crippen LogP contribution in [0.15, 0.2) is 12.5 Å². The normalized spacial score (nSPS) is 14.1. The Balaban J connectivity index is 1.59. The molecule has 122 valence electrons. The van der Waals surface area contributed by atoms with Crippen LogP contribution in [-0.4, -0.2) is 37.2 Å². The Labute approximate surface area is 135 Å². The van der Waals surface area contributed by atoms with E-state index in [0.29, 0.717) is 24.9 Å². The van der Waals surface area contributed by atoms with Crippen molar-refractivity contribution in [3.8, 4) is 0 Å². The van der Waals surface area contributed by atoms with E-state index in [1.165, 1.54) is 25.6 Å². The van der Waals surface area contributed by atoms with Crippen LogP contribution in [0.1, 0.15) is 53.9 Å². The summed E-state index contributed by atoms with van der Waals surface area (Å²) in [5, 5.41) is 11.5. The van der Waals surface area contributed by atoms with Crippen molar-refractivity contribution in [3.63, 3.8) is 0 Å². The number of carbonyl (C=O) groups excluding carboxylic acids is 1. The summed E-state index contributed by atoms with van der Waals surface area (Å²) in [6.45, 7) is 3.50. The molecule has 0 spiro atoms. The molecule has 1 aliphatic rings. The lowest BCUT2D eigenvalue weighted by Gasteiger charge is -2.09. The molecule has 23 heavy (non-hydrogen) atoms. The minimum atomic E-state index is -0.127. The summed E-state index contributed by atoms with van der Waals surface area (Å²) in [7, 11) is 0. The van der Waals surface area contributed by atoms with E-state index in [0.717, 1.165) is 30.3 Å². The summed E-state index contributed by atoms with van der Waals surface area (Å²) in [4.78, 5) is 20.4. The highest BCUT2D eigenvalue weighted by Crippen LogP contribution is 2.14. The van der Waals surface area contributed by atoms with Gasteiger partial charge in [-0.2, -0.15) is 0 Å². The average molecular weight is 314 g/mol. The Morgan fingerprint density at radius 1 is 1.30 bits per heavy atom. The van der Waals surface area contributed by atoms with Gasteiger partial charge in [0, 0.05) is 32.1 Å². The van der Waals surface area contributed by atoms with Crippen LogP contribution in [0.4, 0.5) is 0 Å². The van der Waals surface area contributed by atoms with Gasteiger partial charge in [0.2, 0.25) is 0 Å². The van der Waals surface area contributed by atoms with E-state index < -0.39 is 0 Å². The first-order valence-corrected chi connectivity index (χ1v) is 8.27. The van der Waals surface area contributed by atoms with Crippen molar-refractivity contribution in [2.24, 2.45) is 0 Å². The van der Waals surface area contributed by atoms with Gasteiger partial charge >= 0.3 is 0 Å². The molecule has 1 N–H and O–H groups in total. The van der Waals surface area contributed by atoms with Crippen LogP contribution in [0.2, 0.25) is 0 Å². The second-order valence-electron chi connectivity index (χ2n) is 5.74. The molecule has 0 saturated carbocycles. The van der Waals surface area contributed by atoms with E-state index in [4.69, 9.17) is 0 Å². The molecule has 0 saturated heterocycles. The molecule has 0 atom stereocenters. The van der Waals surface area contributed by atoms with Gasteiger partial charge < -0.3 is 9.88 Å². The van der Waals surface area contributed by atoms with Gasteiger partial charge in [0.25, 0.3) is 5.91 Å². The van der Waals surface area contributed by atoms with Crippen molar-refractivity contribution < 1.29 is 4.79 Å². The highest BCUT2D eigenvalue weighted by atomic mass is 16.1. The summed E-state index contributed by atoms with van der Waals surface area (Å²) < 4.78 is 2.21. The molecule has 2 aromatic heterocycles. The van der Waals surface area contributed by atoms with Crippen LogP contribution < -0.4 is 5.32 Å². The summed E-state index contributed by atoms with van der Waals surface area (Å²) in [6, 6.07) is 0. The standard InChI is InChI=1S/C16H22N6O/c1-2-13-12(10-17-11-19-13)16(23)18-8-7-15-21-20-14-6-4-3-5-9-22(14)15/h10-11H,2-9H2,1H3,(H,18,23). The molecule has 1 aliphatic heterocycles. The number of rotatable bonds is 5. The molecule has 2 aromatic rings. The first-order chi connectivity index (χ1) is 11.3. The van der Waals surface area contributed by atoms with Crippen LogP contribution in [0.25, 0.3) is 0 Å². The van der Waals surface area contributed by atoms with Gasteiger partial charge in [0.1, 0.15) is 18.0 Å². The van der Waals surface area contributed by atoms with Crippen LogP contribution in [-0.2, 0) is 25.8 Å². The largest absolute Gasteiger partial charge is 0.351 e. The van der Waals surface area contributed by atoms with Gasteiger partial charge in [0.15, 0.2) is 0 Å². The zero-order valence-electron chi connectivity index (χ0n) is 13.5. The Hall–Kier alpha value is -2.31. The Morgan fingerprint density at radius 3 is 3.09 bits per heavy atom. The molecule has 3 rings (SSSR count). The SMILES string of the molecule is CCc1ncncc1C(=O)NCCc1nnc2n1CCCCC2. The minimum absolute atomic E-state index is 0.127. The maximum Gasteiger partial charge on any atom is 0.254 e. The molecule has 0 aliphatic carbocycles. The summed E-state index contributed by atoms with van der Waals surface area (Å²) in [5.74, 6) is 1.91. The quantitative estimate of drug-likeness (QED) is 0.900. The Bertz CT molecular complexity index is 681. The first-order valence-electron chi connectivity index (χ1n) is 8.27. The van der Waals surface area contributed by atoms with Gasteiger partial charge in [-0.05, 0) is 19.3 Å². The molecule has 1 amide bonds. The van der Waals surface area contributed by atoms with Crippen molar-refractivity contribution in [1.29, 1.82) is 0 Å². The topological polar surface area (TPSA) is 85.6 Å². The minimum Gasteiger partial charge on any atom is -0.351 e. The van der Waals surface area contributed by atoms with Crippen LogP contribution in [0, 0.1) is 0 Å². The van der Waals surface area contributed by atoms with Crippen molar-refractivity contribution in [2.45, 2.75) is 52.0 Å². The van der Waals surface area contributed by atoms with Gasteiger partial charge in [-0.1, -0.05) is 13.3 Å². The molecule has 3 heterocycles. The number of amides is 1. The predicted octanol–water partition coefficient (Wildman–Crippen LogP) is 1.33. The molecular formula is C16H22N6O. The van der Waals surface area contributed by atoms with Crippen molar-refractivity contribution >= 4 is 5.91 Å². The van der Waals surface area contributed by atoms with E-state index in [1.54, 1.807) is 6.20 Å². The van der Waals surface area contributed by atoms with Crippen molar-refractivity contribution in [3.05, 3.63) is 35.4 Å². The zero-order chi connectivity index (χ0) is 16.1. The fourth-order valence-corrected chi connectivity index (χ4v) is 2.94. The number of nitrogens with zero attached hydrogens (tertiary/aromatic N) is 5. The number of aromatic nitrogens is 5. The van der Waals surface area contributed by atoms with Crippen LogP contribution >= 0.6 is 0 Å². The third kappa shape index (κ3) is 3.55. The van der Waals surface area contributed by atoms with E-state index in [1.807, 2.05) is 6.92 Å². The molecule has 0 radical (unpaired) electrons. The van der Waals surface area contributed by atoms with Gasteiger partial charge in [-0.3, -0.25) is 4.79 Å². The van der Waals surface area contributed by atoms with Gasteiger partial charge in [-0.25, -0.2) is 9.97 Å². The molecule has 0 fully saturated rings. The molecular weight excluding hydrogens is 292 g/mol. The number of fused-ring (bicyclic) bond motifs is 1. The molecule has 0 bridgehead atoms. The fraction of sp³-hybridized carbons (Fsp3) is 0.562. The second-order valence-corrected chi connectivity index (χ2v) is 5.74. The maximum absolute atomic E-state index is 12.3. The maximum atomic E-state index is 12.3. The highest BCUT2D eigenvalue weighted by Gasteiger charge is 2.15. The number of hydrogen-bond acceptors (Lipinski definition) is 5. The summed E-state index contributed by atoms with van der Waals surface area (Å²) in [5.41, 5.74) is 1.32. The lowest BCUT2D eigenvalue weighted by molar-refractivity contribution is 0.0952. The molecule has 0 unspecified atom stereocenters. The van der Waals surface area contributed by atoms with Crippen LogP contribution in [0.3, 0.4) is 0 Å². The van der Waals surface area contributed by atoms with Crippen LogP contribution in [0.5, 0.6) is 0 Å². The fourth-order valence-electron chi connectivity index (χ4n) is 2.94. The Morgan fingerprint density at radius 2 is 2.22 bits per heavy atom. The number of carbonyl (C=O) groups is 1. The molecule has 0 aromatic carbocycles. The highest BCUT2D eigenvalue weighted by molar-refractivity contribution is 5.94. The van der Waals surface area contributed by atoms with E-state index in [9.17, 15) is 4.79 Å². The third-order valence-corrected chi connectivity index (χ3v) is 4.19. The Kier molecular flexibility index (Phi) is 4.95. The predicted molar refractivity (Wildman–Crippen MR) is 85.0 cm³/mol. The molecule has 7 nitrogen and oxygen atoms in total. The van der Waals surface area contributed by atoms with E-state index >= 15 is 0 Å². The van der Waals surface area contributed by atoms with Crippen molar-refractivity contribution in [1.82, 2.24) is 30.0 Å². The third-order valence-electron chi connectivity index (χ3n) is 4.19. The lowest BCUT2D eigenvalue weighted by atomic mass is 10.2. The summed E-state index contributed by atoms with van der Waals surface area (Å²) in [6.07, 6.45) is 9.05. The van der Waals surface area contributed by atoms with Gasteiger partial charge in [0.05, 0.1) is 11.3 Å². The number of nitrogens with one attached hydrogen (secondary N) is 1. The number of aryl methyl sites for hydroxylation is 2. The monoisotopic (exact) mass is 314 g/mol. The number of hydrogen-bond donors (Lipinski definition) is 1. The zero-order valence-corrected chi connectivity index (χ0v) is 13.5.